The summed E-state index contributed by atoms with van der Waals surface area (Å²) in [5.74, 6) is 0.791. The molecule has 0 bridgehead atoms. The number of hydrogen-bond acceptors (Lipinski definition) is 1. The topological polar surface area (TPSA) is 30.9 Å². The first-order valence-electron chi connectivity index (χ1n) is 6.98. The van der Waals surface area contributed by atoms with E-state index in [0.29, 0.717) is 0 Å². The van der Waals surface area contributed by atoms with E-state index in [1.807, 2.05) is 0 Å². The summed E-state index contributed by atoms with van der Waals surface area (Å²) in [7, 11) is 0. The minimum Gasteiger partial charge on any atom is -0.347 e. The zero-order valence-electron chi connectivity index (χ0n) is 11.5. The number of hydrogen-bond donors (Lipinski definition) is 1. The molecular weight excluding hydrogens is 220 g/mol. The van der Waals surface area contributed by atoms with Gasteiger partial charge in [0, 0.05) is 18.3 Å². The predicted octanol–water partition coefficient (Wildman–Crippen LogP) is 3.58. The quantitative estimate of drug-likeness (QED) is 0.827. The van der Waals surface area contributed by atoms with Gasteiger partial charge in [-0.25, -0.2) is 0 Å². The van der Waals surface area contributed by atoms with Crippen LogP contribution in [-0.4, -0.2) is 11.1 Å². The maximum absolute atomic E-state index is 5.62. The number of fused-ring (bicyclic) bond motifs is 1. The summed E-state index contributed by atoms with van der Waals surface area (Å²) in [4.78, 5) is 0. The van der Waals surface area contributed by atoms with Crippen molar-refractivity contribution in [2.75, 3.05) is 6.54 Å². The van der Waals surface area contributed by atoms with Crippen molar-refractivity contribution in [3.05, 3.63) is 36.0 Å². The molecule has 0 atom stereocenters. The number of aromatic nitrogens is 1. The van der Waals surface area contributed by atoms with Crippen molar-refractivity contribution in [3.8, 4) is 0 Å². The van der Waals surface area contributed by atoms with E-state index in [0.717, 1.165) is 25.4 Å². The van der Waals surface area contributed by atoms with Gasteiger partial charge in [-0.05, 0) is 54.8 Å². The van der Waals surface area contributed by atoms with Gasteiger partial charge in [-0.2, -0.15) is 0 Å². The molecule has 0 aliphatic heterocycles. The van der Waals surface area contributed by atoms with E-state index >= 15 is 0 Å². The van der Waals surface area contributed by atoms with Crippen molar-refractivity contribution in [3.63, 3.8) is 0 Å². The molecule has 0 aliphatic carbocycles. The molecule has 1 aromatic carbocycles. The van der Waals surface area contributed by atoms with Crippen LogP contribution in [0.15, 0.2) is 30.5 Å². The Hall–Kier alpha value is -1.28. The highest BCUT2D eigenvalue weighted by Gasteiger charge is 2.03. The number of rotatable bonds is 6. The zero-order chi connectivity index (χ0) is 13.0. The van der Waals surface area contributed by atoms with Crippen LogP contribution in [0.5, 0.6) is 0 Å². The van der Waals surface area contributed by atoms with Crippen LogP contribution in [-0.2, 0) is 13.0 Å². The van der Waals surface area contributed by atoms with E-state index in [-0.39, 0.29) is 0 Å². The van der Waals surface area contributed by atoms with Crippen molar-refractivity contribution >= 4 is 10.9 Å². The molecule has 0 saturated carbocycles. The van der Waals surface area contributed by atoms with Gasteiger partial charge >= 0.3 is 0 Å². The summed E-state index contributed by atoms with van der Waals surface area (Å²) in [5, 5.41) is 1.33. The normalized spacial score (nSPS) is 11.6. The van der Waals surface area contributed by atoms with Gasteiger partial charge < -0.3 is 10.3 Å². The summed E-state index contributed by atoms with van der Waals surface area (Å²) in [6.45, 7) is 6.41. The molecule has 2 aromatic rings. The summed E-state index contributed by atoms with van der Waals surface area (Å²) in [6, 6.07) is 8.89. The summed E-state index contributed by atoms with van der Waals surface area (Å²) in [5.41, 5.74) is 8.32. The molecule has 1 aromatic heterocycles. The van der Waals surface area contributed by atoms with E-state index in [2.05, 4.69) is 48.9 Å². The second-order valence-electron chi connectivity index (χ2n) is 5.48. The van der Waals surface area contributed by atoms with E-state index in [1.165, 1.54) is 29.3 Å². The smallest absolute Gasteiger partial charge is 0.0483 e. The van der Waals surface area contributed by atoms with E-state index in [4.69, 9.17) is 5.73 Å². The van der Waals surface area contributed by atoms with Gasteiger partial charge in [0.05, 0.1) is 0 Å². The lowest BCUT2D eigenvalue weighted by Crippen LogP contribution is -2.03. The maximum Gasteiger partial charge on any atom is 0.0483 e. The monoisotopic (exact) mass is 244 g/mol. The lowest BCUT2D eigenvalue weighted by Gasteiger charge is -2.08. The van der Waals surface area contributed by atoms with Crippen LogP contribution in [0.2, 0.25) is 0 Å². The minimum atomic E-state index is 0.722. The van der Waals surface area contributed by atoms with Gasteiger partial charge in [-0.15, -0.1) is 0 Å². The van der Waals surface area contributed by atoms with Crippen molar-refractivity contribution in [2.45, 2.75) is 39.7 Å². The maximum atomic E-state index is 5.62. The standard InChI is InChI=1S/C16H24N2/c1-13(2)4-3-10-18-11-8-15-6-5-14(7-9-17)12-16(15)18/h5-6,8,11-13H,3-4,7,9-10,17H2,1-2H3. The molecule has 2 nitrogen and oxygen atoms in total. The van der Waals surface area contributed by atoms with Crippen molar-refractivity contribution in [2.24, 2.45) is 11.7 Å². The highest BCUT2D eigenvalue weighted by atomic mass is 14.9. The highest BCUT2D eigenvalue weighted by molar-refractivity contribution is 5.80. The van der Waals surface area contributed by atoms with Gasteiger partial charge in [0.1, 0.15) is 0 Å². The predicted molar refractivity (Wildman–Crippen MR) is 78.8 cm³/mol. The fraction of sp³-hybridized carbons (Fsp3) is 0.500. The molecule has 18 heavy (non-hydrogen) atoms. The highest BCUT2D eigenvalue weighted by Crippen LogP contribution is 2.19. The third-order valence-corrected chi connectivity index (χ3v) is 3.45. The summed E-state index contributed by atoms with van der Waals surface area (Å²) >= 11 is 0. The fourth-order valence-electron chi connectivity index (χ4n) is 2.42. The zero-order valence-corrected chi connectivity index (χ0v) is 11.5. The molecule has 0 radical (unpaired) electrons. The summed E-state index contributed by atoms with van der Waals surface area (Å²) < 4.78 is 2.37. The van der Waals surface area contributed by atoms with Gasteiger partial charge in [-0.3, -0.25) is 0 Å². The Morgan fingerprint density at radius 3 is 2.78 bits per heavy atom. The Labute approximate surface area is 110 Å². The van der Waals surface area contributed by atoms with Crippen LogP contribution in [0.3, 0.4) is 0 Å². The van der Waals surface area contributed by atoms with Crippen LogP contribution in [0.4, 0.5) is 0 Å². The van der Waals surface area contributed by atoms with Crippen molar-refractivity contribution < 1.29 is 0 Å². The summed E-state index contributed by atoms with van der Waals surface area (Å²) in [6.07, 6.45) is 5.72. The number of nitrogens with two attached hydrogens (primary N) is 1. The van der Waals surface area contributed by atoms with Crippen LogP contribution in [0.25, 0.3) is 10.9 Å². The first kappa shape index (κ1) is 13.2. The SMILES string of the molecule is CC(C)CCCn1ccc2ccc(CCN)cc21. The van der Waals surface area contributed by atoms with E-state index < -0.39 is 0 Å². The fourth-order valence-corrected chi connectivity index (χ4v) is 2.42. The van der Waals surface area contributed by atoms with Crippen LogP contribution in [0, 0.1) is 5.92 Å². The third kappa shape index (κ3) is 3.14. The Morgan fingerprint density at radius 1 is 1.22 bits per heavy atom. The van der Waals surface area contributed by atoms with E-state index in [9.17, 15) is 0 Å². The van der Waals surface area contributed by atoms with Crippen LogP contribution >= 0.6 is 0 Å². The van der Waals surface area contributed by atoms with Gasteiger partial charge in [0.15, 0.2) is 0 Å². The Kier molecular flexibility index (Phi) is 4.43. The average molecular weight is 244 g/mol. The largest absolute Gasteiger partial charge is 0.347 e. The molecule has 0 spiro atoms. The van der Waals surface area contributed by atoms with E-state index in [1.54, 1.807) is 0 Å². The molecule has 0 amide bonds. The molecule has 0 aliphatic rings. The molecule has 0 unspecified atom stereocenters. The molecule has 0 fully saturated rings. The Balaban J connectivity index is 2.14. The molecule has 1 heterocycles. The first-order valence-corrected chi connectivity index (χ1v) is 6.98. The molecule has 2 N–H and O–H groups in total. The minimum absolute atomic E-state index is 0.722. The van der Waals surface area contributed by atoms with Gasteiger partial charge in [0.2, 0.25) is 0 Å². The first-order chi connectivity index (χ1) is 8.70. The van der Waals surface area contributed by atoms with Crippen LogP contribution < -0.4 is 5.73 Å². The Bertz CT molecular complexity index is 497. The van der Waals surface area contributed by atoms with Crippen LogP contribution in [0.1, 0.15) is 32.3 Å². The third-order valence-electron chi connectivity index (χ3n) is 3.45. The lowest BCUT2D eigenvalue weighted by molar-refractivity contribution is 0.518. The van der Waals surface area contributed by atoms with Gasteiger partial charge in [-0.1, -0.05) is 26.0 Å². The number of nitrogens with zero attached hydrogens (tertiary/aromatic N) is 1. The molecule has 2 heteroatoms. The van der Waals surface area contributed by atoms with Crippen molar-refractivity contribution in [1.82, 2.24) is 4.57 Å². The lowest BCUT2D eigenvalue weighted by atomic mass is 10.1. The second-order valence-corrected chi connectivity index (χ2v) is 5.48. The molecule has 98 valence electrons. The van der Waals surface area contributed by atoms with Gasteiger partial charge in [0.25, 0.3) is 0 Å². The van der Waals surface area contributed by atoms with Crippen molar-refractivity contribution in [1.29, 1.82) is 0 Å². The molecule has 0 saturated heterocycles. The average Bonchev–Trinajstić information content (AvgIpc) is 2.72. The number of benzene rings is 1. The second kappa shape index (κ2) is 6.05. The molecule has 2 rings (SSSR count). The number of aryl methyl sites for hydroxylation is 1. The molecular formula is C16H24N2. The Morgan fingerprint density at radius 2 is 2.06 bits per heavy atom.